The Balaban J connectivity index is 2.23. The number of nitrogen functional groups attached to an aromatic ring is 1. The van der Waals surface area contributed by atoms with E-state index in [9.17, 15) is 0 Å². The van der Waals surface area contributed by atoms with Gasteiger partial charge in [0.15, 0.2) is 0 Å². The molecule has 0 fully saturated rings. The Labute approximate surface area is 124 Å². The zero-order chi connectivity index (χ0) is 15.7. The van der Waals surface area contributed by atoms with Crippen molar-refractivity contribution in [2.45, 2.75) is 6.92 Å². The smallest absolute Gasteiger partial charge is 0.223 e. The number of nitrogens with zero attached hydrogens (tertiary/aromatic N) is 2. The van der Waals surface area contributed by atoms with E-state index in [2.05, 4.69) is 5.10 Å². The maximum absolute atomic E-state index is 7.54. The molecule has 1 aromatic rings. The molecule has 0 spiro atoms. The van der Waals surface area contributed by atoms with Crippen LogP contribution in [0.2, 0.25) is 0 Å². The SMILES string of the molecule is COCCOCCOCCOc1c(C(=N)N)c(C)nn1C. The summed E-state index contributed by atoms with van der Waals surface area (Å²) in [5.74, 6) is 0.433. The molecule has 120 valence electrons. The van der Waals surface area contributed by atoms with E-state index >= 15 is 0 Å². The monoisotopic (exact) mass is 300 g/mol. The number of nitrogens with one attached hydrogen (secondary N) is 1. The lowest BCUT2D eigenvalue weighted by Gasteiger charge is -2.09. The zero-order valence-corrected chi connectivity index (χ0v) is 12.8. The van der Waals surface area contributed by atoms with E-state index in [4.69, 9.17) is 30.1 Å². The highest BCUT2D eigenvalue weighted by Crippen LogP contribution is 2.20. The molecule has 0 aliphatic carbocycles. The minimum Gasteiger partial charge on any atom is -0.475 e. The van der Waals surface area contributed by atoms with Gasteiger partial charge in [-0.15, -0.1) is 0 Å². The molecule has 0 atom stereocenters. The van der Waals surface area contributed by atoms with Crippen LogP contribution >= 0.6 is 0 Å². The molecule has 21 heavy (non-hydrogen) atoms. The van der Waals surface area contributed by atoms with Gasteiger partial charge in [-0.25, -0.2) is 4.68 Å². The van der Waals surface area contributed by atoms with Crippen LogP contribution in [0.5, 0.6) is 5.88 Å². The van der Waals surface area contributed by atoms with Crippen LogP contribution in [-0.4, -0.2) is 62.4 Å². The number of rotatable bonds is 11. The van der Waals surface area contributed by atoms with Gasteiger partial charge in [0.2, 0.25) is 5.88 Å². The summed E-state index contributed by atoms with van der Waals surface area (Å²) in [4.78, 5) is 0. The number of amidine groups is 1. The summed E-state index contributed by atoms with van der Waals surface area (Å²) in [5.41, 5.74) is 6.73. The molecule has 0 bridgehead atoms. The topological polar surface area (TPSA) is 105 Å². The van der Waals surface area contributed by atoms with Crippen molar-refractivity contribution in [3.05, 3.63) is 11.3 Å². The van der Waals surface area contributed by atoms with E-state index in [1.165, 1.54) is 0 Å². The summed E-state index contributed by atoms with van der Waals surface area (Å²) in [6.45, 7) is 4.73. The number of hydrogen-bond donors (Lipinski definition) is 2. The first-order chi connectivity index (χ1) is 10.1. The second-order valence-corrected chi connectivity index (χ2v) is 4.37. The molecule has 1 aromatic heterocycles. The molecule has 8 nitrogen and oxygen atoms in total. The summed E-state index contributed by atoms with van der Waals surface area (Å²) in [7, 11) is 3.38. The first-order valence-corrected chi connectivity index (χ1v) is 6.73. The molecule has 0 saturated heterocycles. The normalized spacial score (nSPS) is 10.8. The second kappa shape index (κ2) is 9.32. The molecular formula is C13H24N4O4. The largest absolute Gasteiger partial charge is 0.475 e. The van der Waals surface area contributed by atoms with Crippen LogP contribution in [-0.2, 0) is 21.3 Å². The van der Waals surface area contributed by atoms with Crippen LogP contribution in [0.3, 0.4) is 0 Å². The Bertz CT molecular complexity index is 448. The van der Waals surface area contributed by atoms with E-state index < -0.39 is 0 Å². The molecule has 1 rings (SSSR count). The van der Waals surface area contributed by atoms with Crippen LogP contribution in [0.4, 0.5) is 0 Å². The van der Waals surface area contributed by atoms with Gasteiger partial charge >= 0.3 is 0 Å². The summed E-state index contributed by atoms with van der Waals surface area (Å²) >= 11 is 0. The lowest BCUT2D eigenvalue weighted by atomic mass is 10.2. The van der Waals surface area contributed by atoms with Gasteiger partial charge in [-0.2, -0.15) is 5.10 Å². The standard InChI is InChI=1S/C13H24N4O4/c1-10-11(12(14)15)13(17(2)16-10)21-9-8-20-7-6-19-5-4-18-3/h4-9H2,1-3H3,(H3,14,15). The molecule has 0 aliphatic heterocycles. The molecule has 0 aliphatic rings. The van der Waals surface area contributed by atoms with Gasteiger partial charge in [0, 0.05) is 14.2 Å². The number of hydrogen-bond acceptors (Lipinski definition) is 6. The van der Waals surface area contributed by atoms with Gasteiger partial charge in [-0.05, 0) is 6.92 Å². The highest BCUT2D eigenvalue weighted by molar-refractivity contribution is 5.98. The van der Waals surface area contributed by atoms with Gasteiger partial charge in [-0.3, -0.25) is 5.41 Å². The summed E-state index contributed by atoms with van der Waals surface area (Å²) in [5, 5.41) is 11.7. The van der Waals surface area contributed by atoms with Crippen molar-refractivity contribution in [3.63, 3.8) is 0 Å². The average molecular weight is 300 g/mol. The molecule has 1 heterocycles. The molecule has 0 amide bonds. The van der Waals surface area contributed by atoms with E-state index in [-0.39, 0.29) is 5.84 Å². The van der Waals surface area contributed by atoms with E-state index in [0.717, 1.165) is 0 Å². The number of ether oxygens (including phenoxy) is 4. The van der Waals surface area contributed by atoms with Crippen LogP contribution in [0.1, 0.15) is 11.3 Å². The van der Waals surface area contributed by atoms with Crippen molar-refractivity contribution < 1.29 is 18.9 Å². The van der Waals surface area contributed by atoms with Crippen LogP contribution < -0.4 is 10.5 Å². The van der Waals surface area contributed by atoms with E-state index in [1.807, 2.05) is 0 Å². The number of aromatic nitrogens is 2. The molecule has 0 saturated carbocycles. The fourth-order valence-electron chi connectivity index (χ4n) is 1.77. The molecule has 8 heteroatoms. The Morgan fingerprint density at radius 1 is 1.14 bits per heavy atom. The predicted octanol–water partition coefficient (Wildman–Crippen LogP) is 0.0710. The third-order valence-corrected chi connectivity index (χ3v) is 2.71. The number of nitrogens with two attached hydrogens (primary N) is 1. The third kappa shape index (κ3) is 5.70. The van der Waals surface area contributed by atoms with Crippen LogP contribution in [0, 0.1) is 12.3 Å². The second-order valence-electron chi connectivity index (χ2n) is 4.37. The average Bonchev–Trinajstić information content (AvgIpc) is 2.71. The van der Waals surface area contributed by atoms with Crippen molar-refractivity contribution in [2.24, 2.45) is 12.8 Å². The predicted molar refractivity (Wildman–Crippen MR) is 78.0 cm³/mol. The van der Waals surface area contributed by atoms with Gasteiger partial charge < -0.3 is 24.7 Å². The fraction of sp³-hybridized carbons (Fsp3) is 0.692. The third-order valence-electron chi connectivity index (χ3n) is 2.71. The van der Waals surface area contributed by atoms with E-state index in [1.54, 1.807) is 25.8 Å². The molecule has 0 radical (unpaired) electrons. The minimum atomic E-state index is -0.0527. The van der Waals surface area contributed by atoms with Gasteiger partial charge in [-0.1, -0.05) is 0 Å². The van der Waals surface area contributed by atoms with Gasteiger partial charge in [0.1, 0.15) is 18.0 Å². The maximum atomic E-state index is 7.54. The van der Waals surface area contributed by atoms with Crippen molar-refractivity contribution in [2.75, 3.05) is 46.8 Å². The number of methoxy groups -OCH3 is 1. The van der Waals surface area contributed by atoms with Crippen LogP contribution in [0.25, 0.3) is 0 Å². The zero-order valence-electron chi connectivity index (χ0n) is 12.8. The van der Waals surface area contributed by atoms with Crippen molar-refractivity contribution in [1.82, 2.24) is 9.78 Å². The first-order valence-electron chi connectivity index (χ1n) is 6.73. The molecule has 3 N–H and O–H groups in total. The molecule has 0 unspecified atom stereocenters. The fourth-order valence-corrected chi connectivity index (χ4v) is 1.77. The molecule has 0 aromatic carbocycles. The van der Waals surface area contributed by atoms with Gasteiger partial charge in [0.05, 0.1) is 38.7 Å². The maximum Gasteiger partial charge on any atom is 0.223 e. The highest BCUT2D eigenvalue weighted by Gasteiger charge is 2.16. The van der Waals surface area contributed by atoms with Crippen molar-refractivity contribution in [3.8, 4) is 5.88 Å². The Morgan fingerprint density at radius 2 is 1.71 bits per heavy atom. The van der Waals surface area contributed by atoms with Crippen LogP contribution in [0.15, 0.2) is 0 Å². The lowest BCUT2D eigenvalue weighted by Crippen LogP contribution is -2.16. The minimum absolute atomic E-state index is 0.0527. The van der Waals surface area contributed by atoms with Gasteiger partial charge in [0.25, 0.3) is 0 Å². The lowest BCUT2D eigenvalue weighted by molar-refractivity contribution is 0.0173. The quantitative estimate of drug-likeness (QED) is 0.340. The first kappa shape index (κ1) is 17.4. The van der Waals surface area contributed by atoms with E-state index in [0.29, 0.717) is 56.8 Å². The number of aryl methyl sites for hydroxylation is 2. The van der Waals surface area contributed by atoms with Crippen molar-refractivity contribution >= 4 is 5.84 Å². The highest BCUT2D eigenvalue weighted by atomic mass is 16.6. The molecular weight excluding hydrogens is 276 g/mol. The Morgan fingerprint density at radius 3 is 2.29 bits per heavy atom. The summed E-state index contributed by atoms with van der Waals surface area (Å²) in [6.07, 6.45) is 0. The Kier molecular flexibility index (Phi) is 7.73. The Hall–Kier alpha value is -1.64. The van der Waals surface area contributed by atoms with Crippen molar-refractivity contribution in [1.29, 1.82) is 5.41 Å². The summed E-state index contributed by atoms with van der Waals surface area (Å²) in [6, 6.07) is 0. The summed E-state index contributed by atoms with van der Waals surface area (Å²) < 4.78 is 22.7.